The molecular formula is C27H25F3N4O5. The number of hydrogen-bond donors (Lipinski definition) is 2. The molecule has 2 aromatic carbocycles. The number of aromatic hydroxyl groups is 1. The molecule has 3 aromatic rings. The van der Waals surface area contributed by atoms with Crippen LogP contribution in [0.1, 0.15) is 48.3 Å². The van der Waals surface area contributed by atoms with E-state index in [1.165, 1.54) is 28.8 Å². The molecule has 0 spiro atoms. The third-order valence-corrected chi connectivity index (χ3v) is 6.29. The molecule has 1 aliphatic heterocycles. The van der Waals surface area contributed by atoms with Gasteiger partial charge in [-0.3, -0.25) is 14.4 Å². The molecule has 2 N–H and O–H groups in total. The number of alkyl halides is 3. The molecule has 204 valence electrons. The van der Waals surface area contributed by atoms with Gasteiger partial charge in [-0.05, 0) is 50.6 Å². The van der Waals surface area contributed by atoms with E-state index in [1.807, 2.05) is 0 Å². The van der Waals surface area contributed by atoms with Crippen molar-refractivity contribution in [3.8, 4) is 5.75 Å². The highest BCUT2D eigenvalue weighted by molar-refractivity contribution is 6.07. The first kappa shape index (κ1) is 27.5. The van der Waals surface area contributed by atoms with Gasteiger partial charge in [0.2, 0.25) is 0 Å². The Morgan fingerprint density at radius 1 is 1.18 bits per heavy atom. The second-order valence-electron chi connectivity index (χ2n) is 10.1. The van der Waals surface area contributed by atoms with Gasteiger partial charge in [-0.2, -0.15) is 13.2 Å². The van der Waals surface area contributed by atoms with E-state index in [2.05, 4.69) is 10.2 Å². The minimum atomic E-state index is -4.52. The van der Waals surface area contributed by atoms with Gasteiger partial charge >= 0.3 is 12.1 Å². The molecule has 2 heterocycles. The molecule has 9 nitrogen and oxygen atoms in total. The number of carbonyl (C=O) groups is 2. The summed E-state index contributed by atoms with van der Waals surface area (Å²) in [6.45, 7) is 11.8. The zero-order valence-corrected chi connectivity index (χ0v) is 21.5. The Morgan fingerprint density at radius 2 is 1.82 bits per heavy atom. The number of carbonyl (C=O) groups excluding carboxylic acids is 2. The molecule has 0 aliphatic carbocycles. The topological polar surface area (TPSA) is 105 Å². The number of halogens is 3. The number of nitrogens with zero attached hydrogens (tertiary/aromatic N) is 3. The standard InChI is InChI=1S/C27H25F3N4O5/c1-26(2,3)39-20(35)12-32-24(37)21-23(36)17-10-16(31-4)11-18-22(17)34(25(21)38)13-19(33(18)5)14-6-8-15(9-7-14)27(28,29)30/h6-11,19,36H,12-13H2,1-3,5H3,(H,32,37). The maximum absolute atomic E-state index is 13.6. The molecule has 1 unspecified atom stereocenters. The molecular weight excluding hydrogens is 517 g/mol. The van der Waals surface area contributed by atoms with Crippen molar-refractivity contribution < 1.29 is 32.6 Å². The number of pyridine rings is 1. The van der Waals surface area contributed by atoms with Crippen LogP contribution in [0.2, 0.25) is 0 Å². The van der Waals surface area contributed by atoms with Crippen LogP contribution >= 0.6 is 0 Å². The van der Waals surface area contributed by atoms with Crippen LogP contribution in [0, 0.1) is 6.57 Å². The van der Waals surface area contributed by atoms with Crippen molar-refractivity contribution in [3.63, 3.8) is 0 Å². The molecule has 0 fully saturated rings. The monoisotopic (exact) mass is 542 g/mol. The van der Waals surface area contributed by atoms with Crippen LogP contribution in [0.3, 0.4) is 0 Å². The summed E-state index contributed by atoms with van der Waals surface area (Å²) in [6.07, 6.45) is -4.52. The lowest BCUT2D eigenvalue weighted by Crippen LogP contribution is -2.41. The minimum Gasteiger partial charge on any atom is -0.506 e. The Hall–Kier alpha value is -4.53. The van der Waals surface area contributed by atoms with E-state index in [1.54, 1.807) is 32.7 Å². The SMILES string of the molecule is [C-]#[N+]c1cc2c3c(c1)c(O)c(C(=O)NCC(=O)OC(C)(C)C)c(=O)n3CC(c1ccc(C(F)(F)F)cc1)N2C. The summed E-state index contributed by atoms with van der Waals surface area (Å²) in [7, 11) is 1.66. The Morgan fingerprint density at radius 3 is 2.38 bits per heavy atom. The lowest BCUT2D eigenvalue weighted by molar-refractivity contribution is -0.153. The van der Waals surface area contributed by atoms with E-state index in [-0.39, 0.29) is 23.1 Å². The number of anilines is 1. The zero-order valence-electron chi connectivity index (χ0n) is 21.5. The number of rotatable bonds is 4. The van der Waals surface area contributed by atoms with Gasteiger partial charge in [-0.15, -0.1) is 0 Å². The van der Waals surface area contributed by atoms with E-state index in [0.29, 0.717) is 11.3 Å². The number of nitrogens with one attached hydrogen (secondary N) is 1. The highest BCUT2D eigenvalue weighted by Crippen LogP contribution is 2.43. The Labute approximate surface area is 221 Å². The number of hydrogen-bond acceptors (Lipinski definition) is 6. The predicted molar refractivity (Wildman–Crippen MR) is 137 cm³/mol. The number of ether oxygens (including phenoxy) is 1. The molecule has 1 aliphatic rings. The highest BCUT2D eigenvalue weighted by atomic mass is 19.4. The molecule has 0 bridgehead atoms. The maximum Gasteiger partial charge on any atom is 0.416 e. The van der Waals surface area contributed by atoms with Crippen LogP contribution in [-0.2, 0) is 22.3 Å². The quantitative estimate of drug-likeness (QED) is 0.371. The van der Waals surface area contributed by atoms with Crippen molar-refractivity contribution in [1.29, 1.82) is 0 Å². The van der Waals surface area contributed by atoms with Crippen LogP contribution in [0.4, 0.5) is 24.5 Å². The average molecular weight is 543 g/mol. The predicted octanol–water partition coefficient (Wildman–Crippen LogP) is 4.54. The molecule has 0 radical (unpaired) electrons. The molecule has 0 saturated carbocycles. The fourth-order valence-corrected chi connectivity index (χ4v) is 4.56. The van der Waals surface area contributed by atoms with Gasteiger partial charge in [0.15, 0.2) is 5.69 Å². The van der Waals surface area contributed by atoms with Crippen molar-refractivity contribution >= 4 is 34.2 Å². The third-order valence-electron chi connectivity index (χ3n) is 6.29. The summed E-state index contributed by atoms with van der Waals surface area (Å²) in [5.41, 5.74) is -1.90. The van der Waals surface area contributed by atoms with Crippen LogP contribution in [0.15, 0.2) is 41.2 Å². The number of benzene rings is 2. The number of likely N-dealkylation sites (N-methyl/N-ethyl adjacent to an activating group) is 1. The Balaban J connectivity index is 1.81. The fourth-order valence-electron chi connectivity index (χ4n) is 4.56. The molecule has 39 heavy (non-hydrogen) atoms. The lowest BCUT2D eigenvalue weighted by atomic mass is 9.97. The van der Waals surface area contributed by atoms with Gasteiger partial charge in [-0.25, -0.2) is 4.85 Å². The van der Waals surface area contributed by atoms with Crippen LogP contribution < -0.4 is 15.8 Å². The largest absolute Gasteiger partial charge is 0.506 e. The smallest absolute Gasteiger partial charge is 0.416 e. The summed E-state index contributed by atoms with van der Waals surface area (Å²) in [6, 6.07) is 6.72. The number of amides is 1. The van der Waals surface area contributed by atoms with E-state index >= 15 is 0 Å². The first-order chi connectivity index (χ1) is 18.1. The van der Waals surface area contributed by atoms with Gasteiger partial charge in [0.05, 0.1) is 35.9 Å². The third kappa shape index (κ3) is 5.25. The Bertz CT molecular complexity index is 1580. The molecule has 1 aromatic heterocycles. The van der Waals surface area contributed by atoms with Gasteiger partial charge in [0, 0.05) is 12.4 Å². The first-order valence-electron chi connectivity index (χ1n) is 11.8. The van der Waals surface area contributed by atoms with Crippen LogP contribution in [0.5, 0.6) is 5.75 Å². The first-order valence-corrected chi connectivity index (χ1v) is 11.8. The lowest BCUT2D eigenvalue weighted by Gasteiger charge is -2.37. The molecule has 0 saturated heterocycles. The number of esters is 1. The van der Waals surface area contributed by atoms with Crippen molar-refractivity contribution in [1.82, 2.24) is 9.88 Å². The van der Waals surface area contributed by atoms with E-state index < -0.39 is 58.7 Å². The summed E-state index contributed by atoms with van der Waals surface area (Å²) >= 11 is 0. The fraction of sp³-hybridized carbons (Fsp3) is 0.333. The average Bonchev–Trinajstić information content (AvgIpc) is 2.85. The highest BCUT2D eigenvalue weighted by Gasteiger charge is 2.34. The van der Waals surface area contributed by atoms with Crippen molar-refractivity contribution in [2.45, 2.75) is 45.1 Å². The summed E-state index contributed by atoms with van der Waals surface area (Å²) < 4.78 is 45.7. The summed E-state index contributed by atoms with van der Waals surface area (Å²) in [4.78, 5) is 43.8. The van der Waals surface area contributed by atoms with E-state index in [9.17, 15) is 32.7 Å². The van der Waals surface area contributed by atoms with Gasteiger partial charge in [0.25, 0.3) is 11.5 Å². The van der Waals surface area contributed by atoms with Crippen LogP contribution in [-0.4, -0.2) is 40.7 Å². The maximum atomic E-state index is 13.6. The second-order valence-corrected chi connectivity index (χ2v) is 10.1. The number of aromatic nitrogens is 1. The van der Waals surface area contributed by atoms with Gasteiger partial charge in [0.1, 0.15) is 23.5 Å². The Kier molecular flexibility index (Phi) is 6.81. The summed E-state index contributed by atoms with van der Waals surface area (Å²) in [5.74, 6) is -2.42. The van der Waals surface area contributed by atoms with Crippen molar-refractivity contribution in [3.05, 3.63) is 74.9 Å². The van der Waals surface area contributed by atoms with Crippen LogP contribution in [0.25, 0.3) is 15.7 Å². The minimum absolute atomic E-state index is 0.0613. The van der Waals surface area contributed by atoms with Gasteiger partial charge in [-0.1, -0.05) is 12.1 Å². The molecule has 12 heteroatoms. The van der Waals surface area contributed by atoms with Crippen molar-refractivity contribution in [2.24, 2.45) is 0 Å². The van der Waals surface area contributed by atoms with E-state index in [0.717, 1.165) is 12.1 Å². The zero-order chi connectivity index (χ0) is 28.9. The van der Waals surface area contributed by atoms with Gasteiger partial charge < -0.3 is 24.6 Å². The molecule has 1 amide bonds. The molecule has 1 atom stereocenters. The van der Waals surface area contributed by atoms with Crippen molar-refractivity contribution in [2.75, 3.05) is 18.5 Å². The normalized spacial score (nSPS) is 15.1. The molecule has 4 rings (SSSR count). The summed E-state index contributed by atoms with van der Waals surface area (Å²) in [5, 5.41) is 13.4. The second kappa shape index (κ2) is 9.65. The van der Waals surface area contributed by atoms with E-state index in [4.69, 9.17) is 11.3 Å².